The van der Waals surface area contributed by atoms with E-state index in [1.54, 1.807) is 11.8 Å². The Morgan fingerprint density at radius 2 is 2.05 bits per heavy atom. The van der Waals surface area contributed by atoms with Crippen molar-refractivity contribution in [2.75, 3.05) is 12.8 Å². The molecule has 1 atom stereocenters. The molecule has 0 aliphatic rings. The van der Waals surface area contributed by atoms with Gasteiger partial charge in [-0.05, 0) is 30.7 Å². The van der Waals surface area contributed by atoms with E-state index in [9.17, 15) is 4.79 Å². The summed E-state index contributed by atoms with van der Waals surface area (Å²) < 4.78 is 0. The highest BCUT2D eigenvalue weighted by Gasteiger charge is 2.12. The zero-order valence-corrected chi connectivity index (χ0v) is 13.1. The molecule has 1 rings (SSSR count). The van der Waals surface area contributed by atoms with E-state index >= 15 is 0 Å². The Morgan fingerprint density at radius 1 is 1.32 bits per heavy atom. The van der Waals surface area contributed by atoms with Crippen LogP contribution in [0.15, 0.2) is 29.2 Å². The normalized spacial score (nSPS) is 12.2. The lowest BCUT2D eigenvalue weighted by Gasteiger charge is -2.16. The molecule has 0 bridgehead atoms. The van der Waals surface area contributed by atoms with Crippen molar-refractivity contribution in [3.8, 4) is 0 Å². The van der Waals surface area contributed by atoms with Crippen LogP contribution in [0.5, 0.6) is 0 Å². The number of benzene rings is 1. The van der Waals surface area contributed by atoms with Crippen LogP contribution in [-0.4, -0.2) is 18.7 Å². The van der Waals surface area contributed by atoms with E-state index in [0.29, 0.717) is 5.92 Å². The first-order chi connectivity index (χ1) is 9.22. The molecule has 0 aliphatic carbocycles. The molecule has 0 fully saturated rings. The zero-order valence-electron chi connectivity index (χ0n) is 12.2. The summed E-state index contributed by atoms with van der Waals surface area (Å²) in [4.78, 5) is 13.2. The number of hydrogen-bond donors (Lipinski definition) is 1. The maximum atomic E-state index is 12.2. The molecular weight excluding hydrogens is 254 g/mol. The van der Waals surface area contributed by atoms with Gasteiger partial charge in [-0.3, -0.25) is 4.79 Å². The second-order valence-corrected chi connectivity index (χ2v) is 5.67. The Morgan fingerprint density at radius 3 is 2.68 bits per heavy atom. The van der Waals surface area contributed by atoms with Crippen molar-refractivity contribution in [2.24, 2.45) is 5.92 Å². The molecule has 106 valence electrons. The summed E-state index contributed by atoms with van der Waals surface area (Å²) in [5.41, 5.74) is 0.792. The maximum Gasteiger partial charge on any atom is 0.252 e. The van der Waals surface area contributed by atoms with Gasteiger partial charge in [-0.25, -0.2) is 0 Å². The highest BCUT2D eigenvalue weighted by atomic mass is 32.2. The van der Waals surface area contributed by atoms with E-state index in [1.807, 2.05) is 30.5 Å². The summed E-state index contributed by atoms with van der Waals surface area (Å²) in [5.74, 6) is 0.658. The van der Waals surface area contributed by atoms with Crippen molar-refractivity contribution in [3.63, 3.8) is 0 Å². The fourth-order valence-electron chi connectivity index (χ4n) is 2.11. The molecule has 0 heterocycles. The first-order valence-electron chi connectivity index (χ1n) is 7.14. The van der Waals surface area contributed by atoms with Crippen molar-refractivity contribution in [2.45, 2.75) is 44.4 Å². The average Bonchev–Trinajstić information content (AvgIpc) is 2.47. The van der Waals surface area contributed by atoms with Crippen molar-refractivity contribution in [1.82, 2.24) is 5.32 Å². The topological polar surface area (TPSA) is 29.1 Å². The molecule has 0 unspecified atom stereocenters. The molecule has 19 heavy (non-hydrogen) atoms. The maximum absolute atomic E-state index is 12.2. The zero-order chi connectivity index (χ0) is 14.1. The minimum Gasteiger partial charge on any atom is -0.352 e. The third-order valence-electron chi connectivity index (χ3n) is 3.45. The van der Waals surface area contributed by atoms with Gasteiger partial charge in [0, 0.05) is 11.4 Å². The highest BCUT2D eigenvalue weighted by Crippen LogP contribution is 2.20. The van der Waals surface area contributed by atoms with Crippen molar-refractivity contribution < 1.29 is 4.79 Å². The number of carbonyl (C=O) groups excluding carboxylic acids is 1. The van der Waals surface area contributed by atoms with E-state index < -0.39 is 0 Å². The first-order valence-corrected chi connectivity index (χ1v) is 8.36. The fourth-order valence-corrected chi connectivity index (χ4v) is 2.70. The lowest BCUT2D eigenvalue weighted by molar-refractivity contribution is 0.0943. The van der Waals surface area contributed by atoms with Crippen molar-refractivity contribution in [3.05, 3.63) is 29.8 Å². The van der Waals surface area contributed by atoms with Crippen LogP contribution in [0.3, 0.4) is 0 Å². The Labute approximate surface area is 121 Å². The highest BCUT2D eigenvalue weighted by molar-refractivity contribution is 7.98. The van der Waals surface area contributed by atoms with E-state index in [2.05, 4.69) is 19.2 Å². The molecule has 3 heteroatoms. The monoisotopic (exact) mass is 279 g/mol. The van der Waals surface area contributed by atoms with Crippen LogP contribution < -0.4 is 5.32 Å². The second kappa shape index (κ2) is 9.03. The number of nitrogens with one attached hydrogen (secondary N) is 1. The minimum absolute atomic E-state index is 0.0555. The van der Waals surface area contributed by atoms with Gasteiger partial charge in [0.1, 0.15) is 0 Å². The molecule has 1 aromatic carbocycles. The van der Waals surface area contributed by atoms with Crippen LogP contribution in [0.2, 0.25) is 0 Å². The molecule has 0 aromatic heterocycles. The van der Waals surface area contributed by atoms with Crippen LogP contribution in [0.1, 0.15) is 49.9 Å². The minimum atomic E-state index is 0.0555. The number of unbranched alkanes of at least 4 members (excludes halogenated alkanes) is 1. The lowest BCUT2D eigenvalue weighted by Crippen LogP contribution is -2.29. The van der Waals surface area contributed by atoms with Crippen LogP contribution in [0.4, 0.5) is 0 Å². The Hall–Kier alpha value is -0.960. The van der Waals surface area contributed by atoms with Gasteiger partial charge in [-0.1, -0.05) is 45.2 Å². The second-order valence-electron chi connectivity index (χ2n) is 4.83. The van der Waals surface area contributed by atoms with Gasteiger partial charge < -0.3 is 5.32 Å². The van der Waals surface area contributed by atoms with Gasteiger partial charge in [0.25, 0.3) is 5.91 Å². The van der Waals surface area contributed by atoms with Crippen molar-refractivity contribution >= 4 is 17.7 Å². The Bertz CT molecular complexity index is 392. The molecule has 0 saturated heterocycles. The SMILES string of the molecule is CCCC[C@@H](CC)CNC(=O)c1ccccc1SC. The summed E-state index contributed by atoms with van der Waals surface area (Å²) in [6.45, 7) is 5.19. The number of thioether (sulfide) groups is 1. The third kappa shape index (κ3) is 5.27. The molecule has 1 N–H and O–H groups in total. The van der Waals surface area contributed by atoms with Crippen LogP contribution in [-0.2, 0) is 0 Å². The van der Waals surface area contributed by atoms with Gasteiger partial charge in [0.05, 0.1) is 5.56 Å². The summed E-state index contributed by atoms with van der Waals surface area (Å²) in [5, 5.41) is 3.08. The smallest absolute Gasteiger partial charge is 0.252 e. The van der Waals surface area contributed by atoms with E-state index in [-0.39, 0.29) is 5.91 Å². The first kappa shape index (κ1) is 16.1. The molecule has 0 spiro atoms. The van der Waals surface area contributed by atoms with Gasteiger partial charge >= 0.3 is 0 Å². The Kier molecular flexibility index (Phi) is 7.65. The molecule has 1 amide bonds. The lowest BCUT2D eigenvalue weighted by atomic mass is 9.99. The number of carbonyl (C=O) groups is 1. The molecule has 1 aromatic rings. The van der Waals surface area contributed by atoms with Gasteiger partial charge in [0.2, 0.25) is 0 Å². The molecule has 2 nitrogen and oxygen atoms in total. The summed E-state index contributed by atoms with van der Waals surface area (Å²) in [7, 11) is 0. The van der Waals surface area contributed by atoms with Gasteiger partial charge in [-0.15, -0.1) is 11.8 Å². The number of amides is 1. The predicted octanol–water partition coefficient (Wildman–Crippen LogP) is 4.35. The molecule has 0 saturated carbocycles. The molecular formula is C16H25NOS. The standard InChI is InChI=1S/C16H25NOS/c1-4-6-9-13(5-2)12-17-16(18)14-10-7-8-11-15(14)19-3/h7-8,10-11,13H,4-6,9,12H2,1-3H3,(H,17,18)/t13-/m1/s1. The van der Waals surface area contributed by atoms with Crippen LogP contribution in [0, 0.1) is 5.92 Å². The summed E-state index contributed by atoms with van der Waals surface area (Å²) >= 11 is 1.62. The number of hydrogen-bond acceptors (Lipinski definition) is 2. The van der Waals surface area contributed by atoms with E-state index in [4.69, 9.17) is 0 Å². The quantitative estimate of drug-likeness (QED) is 0.717. The van der Waals surface area contributed by atoms with Crippen molar-refractivity contribution in [1.29, 1.82) is 0 Å². The van der Waals surface area contributed by atoms with E-state index in [0.717, 1.165) is 23.4 Å². The van der Waals surface area contributed by atoms with E-state index in [1.165, 1.54) is 19.3 Å². The van der Waals surface area contributed by atoms with Gasteiger partial charge in [-0.2, -0.15) is 0 Å². The molecule has 0 aliphatic heterocycles. The van der Waals surface area contributed by atoms with Crippen LogP contribution in [0.25, 0.3) is 0 Å². The largest absolute Gasteiger partial charge is 0.352 e. The third-order valence-corrected chi connectivity index (χ3v) is 4.24. The summed E-state index contributed by atoms with van der Waals surface area (Å²) in [6, 6.07) is 7.78. The Balaban J connectivity index is 2.54. The van der Waals surface area contributed by atoms with Crippen LogP contribution >= 0.6 is 11.8 Å². The summed E-state index contributed by atoms with van der Waals surface area (Å²) in [6.07, 6.45) is 6.81. The van der Waals surface area contributed by atoms with Gasteiger partial charge in [0.15, 0.2) is 0 Å². The predicted molar refractivity (Wildman–Crippen MR) is 83.9 cm³/mol. The molecule has 0 radical (unpaired) electrons. The fraction of sp³-hybridized carbons (Fsp3) is 0.562. The number of rotatable bonds is 8. The average molecular weight is 279 g/mol.